The summed E-state index contributed by atoms with van der Waals surface area (Å²) in [6, 6.07) is 7.67. The van der Waals surface area contributed by atoms with E-state index in [1.54, 1.807) is 11.6 Å². The summed E-state index contributed by atoms with van der Waals surface area (Å²) in [4.78, 5) is 25.0. The summed E-state index contributed by atoms with van der Waals surface area (Å²) in [5, 5.41) is 8.14. The predicted molar refractivity (Wildman–Crippen MR) is 117 cm³/mol. The van der Waals surface area contributed by atoms with Gasteiger partial charge in [0.05, 0.1) is 17.9 Å². The fourth-order valence-corrected chi connectivity index (χ4v) is 4.37. The van der Waals surface area contributed by atoms with E-state index in [0.717, 1.165) is 18.4 Å². The molecule has 162 valence electrons. The molecule has 1 aromatic heterocycles. The third kappa shape index (κ3) is 5.04. The minimum Gasteiger partial charge on any atom is -0.452 e. The van der Waals surface area contributed by atoms with Crippen LogP contribution in [0.1, 0.15) is 60.4 Å². The van der Waals surface area contributed by atoms with E-state index >= 15 is 0 Å². The summed E-state index contributed by atoms with van der Waals surface area (Å²) < 4.78 is 7.05. The summed E-state index contributed by atoms with van der Waals surface area (Å²) in [5.74, 6) is 0.218. The number of rotatable bonds is 6. The minimum absolute atomic E-state index is 0.141. The number of carbonyl (C=O) groups is 2. The molecule has 0 spiro atoms. The van der Waals surface area contributed by atoms with Crippen LogP contribution in [0.3, 0.4) is 0 Å². The molecule has 0 aliphatic heterocycles. The zero-order chi connectivity index (χ0) is 21.8. The average molecular weight is 432 g/mol. The van der Waals surface area contributed by atoms with Crippen molar-refractivity contribution in [3.63, 3.8) is 0 Å². The number of nitrogens with one attached hydrogen (secondary N) is 1. The molecule has 2 aromatic rings. The van der Waals surface area contributed by atoms with Gasteiger partial charge in [0.2, 0.25) is 0 Å². The second kappa shape index (κ2) is 9.65. The van der Waals surface area contributed by atoms with Crippen molar-refractivity contribution in [2.24, 2.45) is 11.8 Å². The summed E-state index contributed by atoms with van der Waals surface area (Å²) in [7, 11) is 0. The number of ether oxygens (including phenoxy) is 1. The molecule has 0 saturated heterocycles. The molecule has 1 amide bonds. The van der Waals surface area contributed by atoms with Crippen LogP contribution in [-0.4, -0.2) is 34.3 Å². The van der Waals surface area contributed by atoms with Gasteiger partial charge in [0, 0.05) is 11.1 Å². The van der Waals surface area contributed by atoms with Gasteiger partial charge in [0.25, 0.3) is 5.91 Å². The molecule has 3 atom stereocenters. The first-order chi connectivity index (χ1) is 14.3. The molecule has 1 aliphatic rings. The molecule has 1 fully saturated rings. The Hall–Kier alpha value is -2.34. The summed E-state index contributed by atoms with van der Waals surface area (Å²) in [5.41, 5.74) is 2.57. The molecular formula is C23H30ClN3O3. The van der Waals surface area contributed by atoms with Gasteiger partial charge in [0.1, 0.15) is 5.56 Å². The van der Waals surface area contributed by atoms with Gasteiger partial charge in [-0.15, -0.1) is 0 Å². The monoisotopic (exact) mass is 431 g/mol. The van der Waals surface area contributed by atoms with E-state index in [4.69, 9.17) is 16.3 Å². The molecule has 1 heterocycles. The lowest BCUT2D eigenvalue weighted by Gasteiger charge is -2.34. The number of amides is 1. The van der Waals surface area contributed by atoms with E-state index in [1.165, 1.54) is 6.42 Å². The van der Waals surface area contributed by atoms with Crippen LogP contribution in [0.15, 0.2) is 24.3 Å². The van der Waals surface area contributed by atoms with Gasteiger partial charge in [-0.1, -0.05) is 56.5 Å². The van der Waals surface area contributed by atoms with E-state index < -0.39 is 5.97 Å². The van der Waals surface area contributed by atoms with Gasteiger partial charge < -0.3 is 10.1 Å². The van der Waals surface area contributed by atoms with Crippen LogP contribution in [0, 0.1) is 25.7 Å². The number of halogens is 1. The van der Waals surface area contributed by atoms with Crippen molar-refractivity contribution in [2.45, 2.75) is 59.5 Å². The highest BCUT2D eigenvalue weighted by molar-refractivity contribution is 6.31. The van der Waals surface area contributed by atoms with Gasteiger partial charge in [-0.05, 0) is 43.7 Å². The quantitative estimate of drug-likeness (QED) is 0.692. The fraction of sp³-hybridized carbons (Fsp3) is 0.522. The zero-order valence-corrected chi connectivity index (χ0v) is 18.8. The highest BCUT2D eigenvalue weighted by atomic mass is 35.5. The SMILES string of the molecule is Cc1nn(Cc2ccccc2Cl)c(C)c1C(=O)OCC(=O)N[C@@H]1CCC[C@@H](C)[C@@H]1C. The van der Waals surface area contributed by atoms with Crippen LogP contribution in [0.4, 0.5) is 0 Å². The number of esters is 1. The Labute approximate surface area is 182 Å². The maximum atomic E-state index is 12.7. The normalized spacial score (nSPS) is 21.3. The first-order valence-corrected chi connectivity index (χ1v) is 10.9. The van der Waals surface area contributed by atoms with Gasteiger partial charge in [-0.3, -0.25) is 9.48 Å². The Morgan fingerprint density at radius 3 is 2.70 bits per heavy atom. The molecule has 0 bridgehead atoms. The average Bonchev–Trinajstić information content (AvgIpc) is 2.98. The molecule has 3 rings (SSSR count). The molecule has 1 aromatic carbocycles. The molecule has 0 unspecified atom stereocenters. The largest absolute Gasteiger partial charge is 0.452 e. The van der Waals surface area contributed by atoms with Crippen molar-refractivity contribution >= 4 is 23.5 Å². The zero-order valence-electron chi connectivity index (χ0n) is 18.1. The minimum atomic E-state index is -0.532. The van der Waals surface area contributed by atoms with Crippen molar-refractivity contribution in [3.05, 3.63) is 51.8 Å². The first kappa shape index (κ1) is 22.3. The van der Waals surface area contributed by atoms with E-state index in [9.17, 15) is 9.59 Å². The van der Waals surface area contributed by atoms with E-state index in [2.05, 4.69) is 24.3 Å². The van der Waals surface area contributed by atoms with Crippen molar-refractivity contribution in [1.29, 1.82) is 0 Å². The molecule has 7 heteroatoms. The number of nitrogens with zero attached hydrogens (tertiary/aromatic N) is 2. The van der Waals surface area contributed by atoms with Gasteiger partial charge >= 0.3 is 5.97 Å². The fourth-order valence-electron chi connectivity index (χ4n) is 4.17. The third-order valence-corrected chi connectivity index (χ3v) is 6.62. The van der Waals surface area contributed by atoms with Crippen molar-refractivity contribution in [3.8, 4) is 0 Å². The van der Waals surface area contributed by atoms with Crippen LogP contribution in [0.5, 0.6) is 0 Å². The van der Waals surface area contributed by atoms with Crippen LogP contribution < -0.4 is 5.32 Å². The highest BCUT2D eigenvalue weighted by Gasteiger charge is 2.28. The van der Waals surface area contributed by atoms with Crippen LogP contribution in [-0.2, 0) is 16.1 Å². The summed E-state index contributed by atoms with van der Waals surface area (Å²) in [6.07, 6.45) is 3.27. The second-order valence-corrected chi connectivity index (χ2v) is 8.72. The van der Waals surface area contributed by atoms with E-state index in [0.29, 0.717) is 40.4 Å². The lowest BCUT2D eigenvalue weighted by Crippen LogP contribution is -2.45. The number of carbonyl (C=O) groups excluding carboxylic acids is 2. The number of aromatic nitrogens is 2. The third-order valence-electron chi connectivity index (χ3n) is 6.25. The smallest absolute Gasteiger partial charge is 0.342 e. The maximum absolute atomic E-state index is 12.7. The highest BCUT2D eigenvalue weighted by Crippen LogP contribution is 2.29. The van der Waals surface area contributed by atoms with E-state index in [1.807, 2.05) is 31.2 Å². The van der Waals surface area contributed by atoms with E-state index in [-0.39, 0.29) is 18.6 Å². The standard InChI is InChI=1S/C23H30ClN3O3/c1-14-8-7-11-20(15(14)2)25-21(28)13-30-23(29)22-16(3)26-27(17(22)4)12-18-9-5-6-10-19(18)24/h5-6,9-10,14-15,20H,7-8,11-13H2,1-4H3,(H,25,28)/t14-,15+,20-/m1/s1. The predicted octanol–water partition coefficient (Wildman–Crippen LogP) is 4.30. The van der Waals surface area contributed by atoms with Crippen LogP contribution >= 0.6 is 11.6 Å². The Morgan fingerprint density at radius 2 is 1.97 bits per heavy atom. The Morgan fingerprint density at radius 1 is 1.23 bits per heavy atom. The first-order valence-electron chi connectivity index (χ1n) is 10.5. The summed E-state index contributed by atoms with van der Waals surface area (Å²) >= 11 is 6.24. The molecule has 1 N–H and O–H groups in total. The lowest BCUT2D eigenvalue weighted by atomic mass is 9.78. The maximum Gasteiger partial charge on any atom is 0.342 e. The van der Waals surface area contributed by atoms with Crippen LogP contribution in [0.2, 0.25) is 5.02 Å². The number of benzene rings is 1. The van der Waals surface area contributed by atoms with Crippen molar-refractivity contribution < 1.29 is 14.3 Å². The number of hydrogen-bond donors (Lipinski definition) is 1. The van der Waals surface area contributed by atoms with Gasteiger partial charge in [-0.2, -0.15) is 5.10 Å². The molecule has 6 nitrogen and oxygen atoms in total. The topological polar surface area (TPSA) is 73.2 Å². The Bertz CT molecular complexity index is 924. The second-order valence-electron chi connectivity index (χ2n) is 8.31. The van der Waals surface area contributed by atoms with Gasteiger partial charge in [0.15, 0.2) is 6.61 Å². The molecule has 0 radical (unpaired) electrons. The molecule has 1 saturated carbocycles. The molecule has 30 heavy (non-hydrogen) atoms. The lowest BCUT2D eigenvalue weighted by molar-refractivity contribution is -0.125. The summed E-state index contributed by atoms with van der Waals surface area (Å²) in [6.45, 7) is 8.13. The van der Waals surface area contributed by atoms with Crippen molar-refractivity contribution in [1.82, 2.24) is 15.1 Å². The Kier molecular flexibility index (Phi) is 7.19. The number of aryl methyl sites for hydroxylation is 1. The molecular weight excluding hydrogens is 402 g/mol. The molecule has 1 aliphatic carbocycles. The Balaban J connectivity index is 1.61. The number of hydrogen-bond acceptors (Lipinski definition) is 4. The van der Waals surface area contributed by atoms with Crippen molar-refractivity contribution in [2.75, 3.05) is 6.61 Å². The van der Waals surface area contributed by atoms with Gasteiger partial charge in [-0.25, -0.2) is 4.79 Å². The van der Waals surface area contributed by atoms with Crippen LogP contribution in [0.25, 0.3) is 0 Å².